The number of ether oxygens (including phenoxy) is 2. The summed E-state index contributed by atoms with van der Waals surface area (Å²) < 4.78 is 12.0. The minimum atomic E-state index is -0.462. The largest absolute Gasteiger partial charge is 0.419 e. The van der Waals surface area contributed by atoms with Crippen LogP contribution >= 0.6 is 0 Å². The number of rotatable bonds is 10. The normalized spacial score (nSPS) is 10.6. The Bertz CT molecular complexity index is 1070. The van der Waals surface area contributed by atoms with Gasteiger partial charge in [0, 0.05) is 5.56 Å². The average Bonchev–Trinajstić information content (AvgIpc) is 2.86. The van der Waals surface area contributed by atoms with E-state index in [-0.39, 0.29) is 0 Å². The number of carbonyl (C=O) groups excluding carboxylic acids is 2. The Morgan fingerprint density at radius 1 is 0.667 bits per heavy atom. The molecule has 0 aromatic heterocycles. The van der Waals surface area contributed by atoms with E-state index < -0.39 is 11.9 Å². The summed E-state index contributed by atoms with van der Waals surface area (Å²) in [6.45, 7) is 6.30. The molecule has 0 radical (unpaired) electrons. The van der Waals surface area contributed by atoms with Crippen LogP contribution in [-0.2, 0) is 19.3 Å². The second-order valence-corrected chi connectivity index (χ2v) is 8.05. The maximum Gasteiger partial charge on any atom is 0.343 e. The highest BCUT2D eigenvalue weighted by Crippen LogP contribution is 2.40. The molecule has 3 aromatic carbocycles. The first-order valence-electron chi connectivity index (χ1n) is 11.8. The van der Waals surface area contributed by atoms with Gasteiger partial charge < -0.3 is 9.47 Å². The Hall–Kier alpha value is -3.40. The quantitative estimate of drug-likeness (QED) is 0.250. The molecule has 0 aliphatic rings. The van der Waals surface area contributed by atoms with Crippen molar-refractivity contribution in [2.24, 2.45) is 0 Å². The summed E-state index contributed by atoms with van der Waals surface area (Å²) in [6, 6.07) is 19.9. The first-order chi connectivity index (χ1) is 16.1. The first kappa shape index (κ1) is 24.2. The van der Waals surface area contributed by atoms with Crippen LogP contribution in [0.2, 0.25) is 0 Å². The van der Waals surface area contributed by atoms with E-state index in [9.17, 15) is 9.59 Å². The third-order valence-electron chi connectivity index (χ3n) is 5.60. The second-order valence-electron chi connectivity index (χ2n) is 8.05. The maximum absolute atomic E-state index is 13.1. The molecule has 0 saturated carbocycles. The van der Waals surface area contributed by atoms with Gasteiger partial charge in [-0.2, -0.15) is 0 Å². The molecule has 0 spiro atoms. The molecule has 0 N–H and O–H groups in total. The van der Waals surface area contributed by atoms with Gasteiger partial charge in [-0.05, 0) is 61.1 Å². The molecule has 0 saturated heterocycles. The van der Waals surface area contributed by atoms with Gasteiger partial charge in [0.05, 0.1) is 11.1 Å². The Morgan fingerprint density at radius 3 is 1.70 bits per heavy atom. The molecular weight excluding hydrogens is 412 g/mol. The van der Waals surface area contributed by atoms with E-state index >= 15 is 0 Å². The molecular formula is C29H32O4. The summed E-state index contributed by atoms with van der Waals surface area (Å²) in [5, 5.41) is 0. The van der Waals surface area contributed by atoms with Crippen LogP contribution in [-0.4, -0.2) is 11.9 Å². The molecule has 4 nitrogen and oxygen atoms in total. The van der Waals surface area contributed by atoms with Gasteiger partial charge in [0.25, 0.3) is 0 Å². The highest BCUT2D eigenvalue weighted by Gasteiger charge is 2.25. The van der Waals surface area contributed by atoms with Crippen LogP contribution in [0.25, 0.3) is 0 Å². The van der Waals surface area contributed by atoms with E-state index in [0.717, 1.165) is 48.8 Å². The van der Waals surface area contributed by atoms with E-state index in [1.807, 2.05) is 12.1 Å². The Morgan fingerprint density at radius 2 is 1.21 bits per heavy atom. The first-order valence-corrected chi connectivity index (χ1v) is 11.8. The molecule has 3 rings (SSSR count). The van der Waals surface area contributed by atoms with Crippen molar-refractivity contribution in [2.45, 2.75) is 59.3 Å². The third-order valence-corrected chi connectivity index (χ3v) is 5.60. The molecule has 0 aliphatic carbocycles. The van der Waals surface area contributed by atoms with Crippen LogP contribution in [0.3, 0.4) is 0 Å². The van der Waals surface area contributed by atoms with Crippen molar-refractivity contribution < 1.29 is 19.1 Å². The lowest BCUT2D eigenvalue weighted by molar-refractivity contribution is 0.0679. The van der Waals surface area contributed by atoms with Gasteiger partial charge >= 0.3 is 11.9 Å². The number of esters is 2. The smallest absolute Gasteiger partial charge is 0.343 e. The van der Waals surface area contributed by atoms with E-state index in [1.165, 1.54) is 0 Å². The number of benzene rings is 3. The summed E-state index contributed by atoms with van der Waals surface area (Å²) in [5.74, 6) is -0.181. The molecule has 0 bridgehead atoms. The Kier molecular flexibility index (Phi) is 8.82. The Labute approximate surface area is 196 Å². The van der Waals surface area contributed by atoms with Crippen molar-refractivity contribution in [3.05, 3.63) is 94.5 Å². The van der Waals surface area contributed by atoms with Gasteiger partial charge in [0.1, 0.15) is 0 Å². The van der Waals surface area contributed by atoms with E-state index in [0.29, 0.717) is 29.0 Å². The summed E-state index contributed by atoms with van der Waals surface area (Å²) in [7, 11) is 0. The van der Waals surface area contributed by atoms with E-state index in [4.69, 9.17) is 9.47 Å². The number of unbranched alkanes of at least 4 members (excludes halogenated alkanes) is 1. The van der Waals surface area contributed by atoms with Crippen molar-refractivity contribution in [1.29, 1.82) is 0 Å². The highest BCUT2D eigenvalue weighted by atomic mass is 16.6. The molecule has 172 valence electrons. The van der Waals surface area contributed by atoms with Gasteiger partial charge in [0.2, 0.25) is 0 Å². The van der Waals surface area contributed by atoms with Crippen molar-refractivity contribution >= 4 is 11.9 Å². The molecule has 0 fully saturated rings. The van der Waals surface area contributed by atoms with Crippen molar-refractivity contribution in [1.82, 2.24) is 0 Å². The van der Waals surface area contributed by atoms with Crippen LogP contribution in [0.5, 0.6) is 11.5 Å². The molecule has 0 unspecified atom stereocenters. The fraction of sp³-hybridized carbons (Fsp3) is 0.310. The fourth-order valence-corrected chi connectivity index (χ4v) is 3.86. The highest BCUT2D eigenvalue weighted by molar-refractivity contribution is 5.93. The van der Waals surface area contributed by atoms with Crippen LogP contribution in [0, 0.1) is 0 Å². The average molecular weight is 445 g/mol. The minimum absolute atomic E-state index is 0.360. The van der Waals surface area contributed by atoms with Crippen molar-refractivity contribution in [2.75, 3.05) is 0 Å². The third kappa shape index (κ3) is 6.10. The summed E-state index contributed by atoms with van der Waals surface area (Å²) in [6.07, 6.45) is 5.10. The standard InChI is InChI=1S/C29H32O4/c1-4-7-19-25-21(6-3)20-24(14-5-2)26(32-28(30)22-15-10-8-11-16-22)27(25)33-29(31)23-17-12-9-13-18-23/h8-13,15-18,20H,4-7,14,19H2,1-3H3. The summed E-state index contributed by atoms with van der Waals surface area (Å²) in [4.78, 5) is 26.0. The maximum atomic E-state index is 13.1. The number of carbonyl (C=O) groups is 2. The predicted octanol–water partition coefficient (Wildman–Crippen LogP) is 6.98. The summed E-state index contributed by atoms with van der Waals surface area (Å²) in [5.41, 5.74) is 3.87. The van der Waals surface area contributed by atoms with Gasteiger partial charge in [-0.3, -0.25) is 0 Å². The van der Waals surface area contributed by atoms with Crippen molar-refractivity contribution in [3.63, 3.8) is 0 Å². The van der Waals surface area contributed by atoms with Crippen LogP contribution in [0.15, 0.2) is 66.7 Å². The van der Waals surface area contributed by atoms with Crippen LogP contribution in [0.4, 0.5) is 0 Å². The number of hydrogen-bond acceptors (Lipinski definition) is 4. The number of aryl methyl sites for hydroxylation is 2. The van der Waals surface area contributed by atoms with E-state index in [2.05, 4.69) is 26.8 Å². The summed E-state index contributed by atoms with van der Waals surface area (Å²) >= 11 is 0. The molecule has 33 heavy (non-hydrogen) atoms. The van der Waals surface area contributed by atoms with Gasteiger partial charge in [-0.25, -0.2) is 9.59 Å². The lowest BCUT2D eigenvalue weighted by Gasteiger charge is -2.21. The lowest BCUT2D eigenvalue weighted by atomic mass is 9.94. The minimum Gasteiger partial charge on any atom is -0.419 e. The molecule has 0 amide bonds. The zero-order valence-electron chi connectivity index (χ0n) is 19.7. The topological polar surface area (TPSA) is 52.6 Å². The lowest BCUT2D eigenvalue weighted by Crippen LogP contribution is -2.16. The Balaban J connectivity index is 2.13. The molecule has 0 heterocycles. The van der Waals surface area contributed by atoms with Gasteiger partial charge in [-0.15, -0.1) is 0 Å². The molecule has 0 atom stereocenters. The van der Waals surface area contributed by atoms with Crippen LogP contribution < -0.4 is 9.47 Å². The SMILES string of the molecule is CCCCc1c(CC)cc(CCC)c(OC(=O)c2ccccc2)c1OC(=O)c1ccccc1. The van der Waals surface area contributed by atoms with Gasteiger partial charge in [0.15, 0.2) is 11.5 Å². The second kappa shape index (κ2) is 12.0. The van der Waals surface area contributed by atoms with E-state index in [1.54, 1.807) is 48.5 Å². The zero-order valence-corrected chi connectivity index (χ0v) is 19.7. The predicted molar refractivity (Wildman–Crippen MR) is 131 cm³/mol. The van der Waals surface area contributed by atoms with Crippen molar-refractivity contribution in [3.8, 4) is 11.5 Å². The molecule has 3 aromatic rings. The molecule has 0 aliphatic heterocycles. The number of hydrogen-bond donors (Lipinski definition) is 0. The van der Waals surface area contributed by atoms with Gasteiger partial charge in [-0.1, -0.05) is 76.1 Å². The molecule has 4 heteroatoms. The monoisotopic (exact) mass is 444 g/mol. The van der Waals surface area contributed by atoms with Crippen LogP contribution in [0.1, 0.15) is 77.4 Å². The fourth-order valence-electron chi connectivity index (χ4n) is 3.86. The zero-order chi connectivity index (χ0) is 23.6.